The van der Waals surface area contributed by atoms with Gasteiger partial charge in [-0.3, -0.25) is 14.5 Å². The lowest BCUT2D eigenvalue weighted by molar-refractivity contribution is -0.141. The minimum absolute atomic E-state index is 0.0640. The molecule has 0 saturated carbocycles. The molecule has 1 heterocycles. The number of aliphatic carboxylic acids is 1. The smallest absolute Gasteiger partial charge is 0.304 e. The molecule has 1 aliphatic heterocycles. The normalized spacial score (nSPS) is 24.0. The van der Waals surface area contributed by atoms with Crippen molar-refractivity contribution >= 4 is 11.9 Å². The van der Waals surface area contributed by atoms with Crippen LogP contribution in [0.15, 0.2) is 0 Å². The first-order valence-electron chi connectivity index (χ1n) is 4.70. The van der Waals surface area contributed by atoms with E-state index in [9.17, 15) is 9.59 Å². The summed E-state index contributed by atoms with van der Waals surface area (Å²) >= 11 is 0. The zero-order valence-electron chi connectivity index (χ0n) is 8.56. The van der Waals surface area contributed by atoms with Crippen LogP contribution < -0.4 is 0 Å². The number of piperazine rings is 1. The second-order valence-corrected chi connectivity index (χ2v) is 3.73. The van der Waals surface area contributed by atoms with Crippen LogP contribution in [0, 0.1) is 0 Å². The Morgan fingerprint density at radius 2 is 2.29 bits per heavy atom. The van der Waals surface area contributed by atoms with Crippen molar-refractivity contribution in [2.75, 3.05) is 26.7 Å². The van der Waals surface area contributed by atoms with Crippen molar-refractivity contribution in [1.82, 2.24) is 9.80 Å². The first-order valence-corrected chi connectivity index (χ1v) is 4.70. The molecule has 14 heavy (non-hydrogen) atoms. The van der Waals surface area contributed by atoms with E-state index in [0.29, 0.717) is 13.1 Å². The Balaban J connectivity index is 2.42. The topological polar surface area (TPSA) is 60.9 Å². The Hall–Kier alpha value is -1.10. The standard InChI is InChI=1S/C9H16N2O3/c1-7-5-11(4-3-9(13)14)6-8(12)10(7)2/h7H,3-6H2,1-2H3,(H,13,14). The maximum absolute atomic E-state index is 11.4. The number of hydrogen-bond donors (Lipinski definition) is 1. The van der Waals surface area contributed by atoms with Crippen molar-refractivity contribution in [3.05, 3.63) is 0 Å². The van der Waals surface area contributed by atoms with Gasteiger partial charge in [-0.25, -0.2) is 0 Å². The molecule has 1 atom stereocenters. The summed E-state index contributed by atoms with van der Waals surface area (Å²) in [5, 5.41) is 8.51. The van der Waals surface area contributed by atoms with Gasteiger partial charge in [0.2, 0.25) is 5.91 Å². The molecule has 0 aromatic heterocycles. The molecular weight excluding hydrogens is 184 g/mol. The van der Waals surface area contributed by atoms with Crippen LogP contribution in [0.5, 0.6) is 0 Å². The highest BCUT2D eigenvalue weighted by Crippen LogP contribution is 2.08. The molecule has 1 amide bonds. The van der Waals surface area contributed by atoms with Gasteiger partial charge in [-0.15, -0.1) is 0 Å². The van der Waals surface area contributed by atoms with Crippen molar-refractivity contribution in [1.29, 1.82) is 0 Å². The van der Waals surface area contributed by atoms with Gasteiger partial charge in [0.15, 0.2) is 0 Å². The van der Waals surface area contributed by atoms with E-state index < -0.39 is 5.97 Å². The van der Waals surface area contributed by atoms with E-state index in [1.807, 2.05) is 11.8 Å². The van der Waals surface area contributed by atoms with Gasteiger partial charge < -0.3 is 10.0 Å². The lowest BCUT2D eigenvalue weighted by atomic mass is 10.2. The highest BCUT2D eigenvalue weighted by atomic mass is 16.4. The number of rotatable bonds is 3. The third kappa shape index (κ3) is 2.70. The van der Waals surface area contributed by atoms with E-state index in [-0.39, 0.29) is 18.4 Å². The molecule has 0 aromatic carbocycles. The number of carbonyl (C=O) groups is 2. The summed E-state index contributed by atoms with van der Waals surface area (Å²) in [6, 6.07) is 0.171. The number of likely N-dealkylation sites (N-methyl/N-ethyl adjacent to an activating group) is 1. The molecule has 1 rings (SSSR count). The van der Waals surface area contributed by atoms with Gasteiger partial charge in [-0.2, -0.15) is 0 Å². The van der Waals surface area contributed by atoms with Crippen molar-refractivity contribution in [3.8, 4) is 0 Å². The minimum atomic E-state index is -0.816. The van der Waals surface area contributed by atoms with E-state index in [1.54, 1.807) is 11.9 Å². The number of amides is 1. The van der Waals surface area contributed by atoms with Crippen LogP contribution in [0.2, 0.25) is 0 Å². The van der Waals surface area contributed by atoms with Crippen molar-refractivity contribution < 1.29 is 14.7 Å². The molecule has 1 unspecified atom stereocenters. The van der Waals surface area contributed by atoms with Crippen LogP contribution in [0.4, 0.5) is 0 Å². The maximum Gasteiger partial charge on any atom is 0.304 e. The summed E-state index contributed by atoms with van der Waals surface area (Å²) in [7, 11) is 1.78. The SMILES string of the molecule is CC1CN(CCC(=O)O)CC(=O)N1C. The monoisotopic (exact) mass is 200 g/mol. The lowest BCUT2D eigenvalue weighted by Gasteiger charge is -2.37. The van der Waals surface area contributed by atoms with Crippen LogP contribution in [-0.4, -0.2) is 59.5 Å². The molecule has 0 radical (unpaired) electrons. The van der Waals surface area contributed by atoms with Crippen LogP contribution in [-0.2, 0) is 9.59 Å². The summed E-state index contributed by atoms with van der Waals surface area (Å²) in [4.78, 5) is 25.3. The molecule has 1 saturated heterocycles. The molecule has 0 bridgehead atoms. The van der Waals surface area contributed by atoms with E-state index in [2.05, 4.69) is 0 Å². The van der Waals surface area contributed by atoms with E-state index in [4.69, 9.17) is 5.11 Å². The summed E-state index contributed by atoms with van der Waals surface area (Å²) in [6.07, 6.45) is 0.101. The minimum Gasteiger partial charge on any atom is -0.481 e. The second-order valence-electron chi connectivity index (χ2n) is 3.73. The molecule has 0 spiro atoms. The fraction of sp³-hybridized carbons (Fsp3) is 0.778. The van der Waals surface area contributed by atoms with Crippen LogP contribution in [0.1, 0.15) is 13.3 Å². The van der Waals surface area contributed by atoms with E-state index in [0.717, 1.165) is 6.54 Å². The lowest BCUT2D eigenvalue weighted by Crippen LogP contribution is -2.53. The molecule has 5 nitrogen and oxygen atoms in total. The molecule has 1 aliphatic rings. The first kappa shape index (κ1) is 11.0. The Morgan fingerprint density at radius 1 is 1.64 bits per heavy atom. The third-order valence-corrected chi connectivity index (χ3v) is 2.58. The predicted molar refractivity (Wildman–Crippen MR) is 50.9 cm³/mol. The third-order valence-electron chi connectivity index (χ3n) is 2.58. The largest absolute Gasteiger partial charge is 0.481 e. The van der Waals surface area contributed by atoms with Gasteiger partial charge >= 0.3 is 5.97 Å². The average Bonchev–Trinajstić information content (AvgIpc) is 2.10. The summed E-state index contributed by atoms with van der Waals surface area (Å²) < 4.78 is 0. The van der Waals surface area contributed by atoms with Gasteiger partial charge in [-0.1, -0.05) is 0 Å². The Bertz CT molecular complexity index is 242. The highest BCUT2D eigenvalue weighted by molar-refractivity contribution is 5.79. The predicted octanol–water partition coefficient (Wildman–Crippen LogP) is -0.376. The summed E-state index contributed by atoms with van der Waals surface area (Å²) in [5.41, 5.74) is 0. The van der Waals surface area contributed by atoms with Crippen LogP contribution in [0.25, 0.3) is 0 Å². The molecular formula is C9H16N2O3. The van der Waals surface area contributed by atoms with Gasteiger partial charge in [0.05, 0.1) is 13.0 Å². The van der Waals surface area contributed by atoms with Crippen molar-refractivity contribution in [2.45, 2.75) is 19.4 Å². The quantitative estimate of drug-likeness (QED) is 0.675. The zero-order valence-corrected chi connectivity index (χ0v) is 8.56. The van der Waals surface area contributed by atoms with Crippen LogP contribution in [0.3, 0.4) is 0 Å². The zero-order chi connectivity index (χ0) is 10.7. The number of carbonyl (C=O) groups excluding carboxylic acids is 1. The average molecular weight is 200 g/mol. The fourth-order valence-electron chi connectivity index (χ4n) is 1.53. The Labute approximate surface area is 83.3 Å². The molecule has 80 valence electrons. The van der Waals surface area contributed by atoms with E-state index >= 15 is 0 Å². The number of hydrogen-bond acceptors (Lipinski definition) is 3. The molecule has 5 heteroatoms. The second kappa shape index (κ2) is 4.41. The number of carboxylic acids is 1. The van der Waals surface area contributed by atoms with E-state index in [1.165, 1.54) is 0 Å². The molecule has 1 fully saturated rings. The maximum atomic E-state index is 11.4. The van der Waals surface area contributed by atoms with Crippen molar-refractivity contribution in [2.24, 2.45) is 0 Å². The fourth-order valence-corrected chi connectivity index (χ4v) is 1.53. The Morgan fingerprint density at radius 3 is 2.79 bits per heavy atom. The number of carboxylic acid groups (broad SMARTS) is 1. The van der Waals surface area contributed by atoms with Gasteiger partial charge in [0, 0.05) is 26.2 Å². The van der Waals surface area contributed by atoms with Crippen molar-refractivity contribution in [3.63, 3.8) is 0 Å². The van der Waals surface area contributed by atoms with Gasteiger partial charge in [-0.05, 0) is 6.92 Å². The highest BCUT2D eigenvalue weighted by Gasteiger charge is 2.26. The van der Waals surface area contributed by atoms with Crippen LogP contribution >= 0.6 is 0 Å². The van der Waals surface area contributed by atoms with Gasteiger partial charge in [0.1, 0.15) is 0 Å². The number of nitrogens with zero attached hydrogens (tertiary/aromatic N) is 2. The molecule has 0 aliphatic carbocycles. The summed E-state index contributed by atoms with van der Waals surface area (Å²) in [6.45, 7) is 3.52. The molecule has 1 N–H and O–H groups in total. The van der Waals surface area contributed by atoms with Gasteiger partial charge in [0.25, 0.3) is 0 Å². The Kier molecular flexibility index (Phi) is 3.46. The molecule has 0 aromatic rings. The first-order chi connectivity index (χ1) is 6.50. The summed E-state index contributed by atoms with van der Waals surface area (Å²) in [5.74, 6) is -0.752.